The first-order chi connectivity index (χ1) is 19.8. The molecular formula is C32H35FN2O7. The lowest BCUT2D eigenvalue weighted by molar-refractivity contribution is -0.161. The molecule has 222 valence electrons. The number of aliphatic carboxylic acids is 1. The number of nitrogens with zero attached hydrogens (tertiary/aromatic N) is 2. The normalized spacial score (nSPS) is 14.0. The van der Waals surface area contributed by atoms with E-state index in [1.165, 1.54) is 17.7 Å². The third-order valence-corrected chi connectivity index (χ3v) is 7.44. The first kappa shape index (κ1) is 29.3. The van der Waals surface area contributed by atoms with E-state index in [9.17, 15) is 14.7 Å². The highest BCUT2D eigenvalue weighted by Gasteiger charge is 2.34. The number of ether oxygens (including phenoxy) is 3. The number of benzene rings is 2. The van der Waals surface area contributed by atoms with Gasteiger partial charge >= 0.3 is 5.97 Å². The van der Waals surface area contributed by atoms with Gasteiger partial charge < -0.3 is 28.3 Å². The summed E-state index contributed by atoms with van der Waals surface area (Å²) in [5, 5.41) is 11.1. The second-order valence-corrected chi connectivity index (χ2v) is 11.6. The number of aryl methyl sites for hydroxylation is 2. The van der Waals surface area contributed by atoms with Crippen LogP contribution < -0.4 is 15.0 Å². The molecule has 0 spiro atoms. The van der Waals surface area contributed by atoms with Crippen molar-refractivity contribution >= 4 is 16.7 Å². The van der Waals surface area contributed by atoms with Gasteiger partial charge in [0.15, 0.2) is 23.6 Å². The number of rotatable bonds is 7. The zero-order valence-electron chi connectivity index (χ0n) is 24.9. The summed E-state index contributed by atoms with van der Waals surface area (Å²) in [5.74, 6) is -0.00480. The molecule has 10 heteroatoms. The van der Waals surface area contributed by atoms with Gasteiger partial charge in [-0.25, -0.2) is 14.2 Å². The molecule has 0 saturated carbocycles. The number of halogens is 1. The number of hydrogen-bond acceptors (Lipinski definition) is 7. The van der Waals surface area contributed by atoms with Gasteiger partial charge in [0.2, 0.25) is 0 Å². The summed E-state index contributed by atoms with van der Waals surface area (Å²) in [6.07, 6.45) is -0.163. The van der Waals surface area contributed by atoms with E-state index < -0.39 is 29.1 Å². The molecule has 5 rings (SSSR count). The molecule has 42 heavy (non-hydrogen) atoms. The molecule has 2 aromatic carbocycles. The van der Waals surface area contributed by atoms with Gasteiger partial charge in [-0.1, -0.05) is 0 Å². The van der Waals surface area contributed by atoms with Gasteiger partial charge in [0, 0.05) is 25.1 Å². The molecule has 4 aromatic rings. The highest BCUT2D eigenvalue weighted by atomic mass is 19.1. The molecule has 1 atom stereocenters. The molecule has 0 fully saturated rings. The fourth-order valence-electron chi connectivity index (χ4n) is 5.55. The van der Waals surface area contributed by atoms with Crippen molar-refractivity contribution in [3.05, 3.63) is 74.6 Å². The number of carboxylic acid groups (broad SMARTS) is 1. The highest BCUT2D eigenvalue weighted by Crippen LogP contribution is 2.43. The minimum Gasteiger partial charge on any atom is -0.490 e. The van der Waals surface area contributed by atoms with Crippen LogP contribution in [0, 0.1) is 26.6 Å². The summed E-state index contributed by atoms with van der Waals surface area (Å²) in [4.78, 5) is 30.8. The Kier molecular flexibility index (Phi) is 7.61. The van der Waals surface area contributed by atoms with Crippen LogP contribution in [0.1, 0.15) is 67.5 Å². The second-order valence-electron chi connectivity index (χ2n) is 11.6. The number of carbonyl (C=O) groups is 1. The Morgan fingerprint density at radius 1 is 1.19 bits per heavy atom. The van der Waals surface area contributed by atoms with Gasteiger partial charge in [-0.3, -0.25) is 4.79 Å². The predicted octanol–water partition coefficient (Wildman–Crippen LogP) is 6.10. The number of fused-ring (bicyclic) bond motifs is 2. The van der Waals surface area contributed by atoms with Crippen LogP contribution in [0.25, 0.3) is 21.9 Å². The topological polar surface area (TPSA) is 113 Å². The molecule has 2 aromatic heterocycles. The highest BCUT2D eigenvalue weighted by molar-refractivity contribution is 6.00. The number of oxazole rings is 1. The number of aromatic nitrogens is 2. The Morgan fingerprint density at radius 3 is 2.57 bits per heavy atom. The van der Waals surface area contributed by atoms with Gasteiger partial charge in [0.05, 0.1) is 23.3 Å². The predicted molar refractivity (Wildman–Crippen MR) is 155 cm³/mol. The first-order valence-electron chi connectivity index (χ1n) is 13.8. The molecule has 1 aliphatic rings. The minimum absolute atomic E-state index is 0.122. The van der Waals surface area contributed by atoms with Crippen LogP contribution in [0.15, 0.2) is 33.5 Å². The number of hydrogen-bond donors (Lipinski definition) is 1. The van der Waals surface area contributed by atoms with E-state index in [2.05, 4.69) is 4.98 Å². The first-order valence-corrected chi connectivity index (χ1v) is 13.8. The van der Waals surface area contributed by atoms with Gasteiger partial charge in [-0.15, -0.1) is 0 Å². The van der Waals surface area contributed by atoms with E-state index in [-0.39, 0.29) is 23.4 Å². The van der Waals surface area contributed by atoms with E-state index in [0.717, 1.165) is 17.5 Å². The summed E-state index contributed by atoms with van der Waals surface area (Å²) in [5.41, 5.74) is 1.83. The average molecular weight is 579 g/mol. The maximum Gasteiger partial charge on any atom is 0.339 e. The molecule has 0 bridgehead atoms. The van der Waals surface area contributed by atoms with Gasteiger partial charge in [0.1, 0.15) is 23.8 Å². The molecule has 1 unspecified atom stereocenters. The zero-order valence-corrected chi connectivity index (χ0v) is 24.9. The Bertz CT molecular complexity index is 1760. The van der Waals surface area contributed by atoms with E-state index >= 15 is 4.39 Å². The SMILES string of the molecule is Cc1nc(COc2ccc3c(-c4cc(F)c5c(c4C)CCCO5)c(C(OC(C)(C)C)C(=O)O)n(C)c(=O)c3c2)c(C)o1. The minimum atomic E-state index is -1.51. The van der Waals surface area contributed by atoms with Gasteiger partial charge in [-0.2, -0.15) is 0 Å². The van der Waals surface area contributed by atoms with Crippen molar-refractivity contribution in [2.75, 3.05) is 6.61 Å². The maximum atomic E-state index is 15.5. The maximum absolute atomic E-state index is 15.5. The number of pyridine rings is 1. The molecule has 9 nitrogen and oxygen atoms in total. The van der Waals surface area contributed by atoms with Crippen molar-refractivity contribution in [2.24, 2.45) is 7.05 Å². The van der Waals surface area contributed by atoms with Crippen LogP contribution in [0.4, 0.5) is 4.39 Å². The smallest absolute Gasteiger partial charge is 0.339 e. The van der Waals surface area contributed by atoms with E-state index in [4.69, 9.17) is 18.6 Å². The fourth-order valence-corrected chi connectivity index (χ4v) is 5.55. The van der Waals surface area contributed by atoms with E-state index in [0.29, 0.717) is 52.6 Å². The molecule has 1 N–H and O–H groups in total. The number of carboxylic acids is 1. The standard InChI is InChI=1S/C32H35FN2O7/c1-16-20-9-8-12-39-28(20)24(33)14-22(16)26-21-11-10-19(40-15-25-17(2)41-18(3)34-25)13-23(21)30(36)35(7)27(26)29(31(37)38)42-32(4,5)6/h10-11,13-14,29H,8-9,12,15H2,1-7H3,(H,37,38). The van der Waals surface area contributed by atoms with Crippen LogP contribution >= 0.6 is 0 Å². The lowest BCUT2D eigenvalue weighted by Gasteiger charge is -2.29. The quantitative estimate of drug-likeness (QED) is 0.280. The summed E-state index contributed by atoms with van der Waals surface area (Å²) >= 11 is 0. The van der Waals surface area contributed by atoms with Crippen LogP contribution in [-0.2, 0) is 29.6 Å². The van der Waals surface area contributed by atoms with Crippen LogP contribution in [0.2, 0.25) is 0 Å². The lowest BCUT2D eigenvalue weighted by Crippen LogP contribution is -2.33. The molecule has 0 saturated heterocycles. The van der Waals surface area contributed by atoms with Crippen molar-refractivity contribution in [1.29, 1.82) is 0 Å². The summed E-state index contributed by atoms with van der Waals surface area (Å²) in [7, 11) is 1.50. The largest absolute Gasteiger partial charge is 0.490 e. The van der Waals surface area contributed by atoms with Crippen molar-refractivity contribution < 1.29 is 32.9 Å². The molecule has 1 aliphatic heterocycles. The summed E-state index contributed by atoms with van der Waals surface area (Å²) < 4.78 is 39.9. The Hall–Kier alpha value is -4.18. The Labute approximate surface area is 242 Å². The average Bonchev–Trinajstić information content (AvgIpc) is 3.26. The van der Waals surface area contributed by atoms with E-state index in [1.54, 1.807) is 52.8 Å². The molecule has 3 heterocycles. The van der Waals surface area contributed by atoms with Gasteiger partial charge in [-0.05, 0) is 88.2 Å². The third-order valence-electron chi connectivity index (χ3n) is 7.44. The van der Waals surface area contributed by atoms with Crippen molar-refractivity contribution in [2.45, 2.75) is 72.7 Å². The molecule has 0 aliphatic carbocycles. The van der Waals surface area contributed by atoms with Crippen molar-refractivity contribution in [1.82, 2.24) is 9.55 Å². The third kappa shape index (κ3) is 5.38. The lowest BCUT2D eigenvalue weighted by atomic mass is 9.87. The van der Waals surface area contributed by atoms with E-state index in [1.807, 2.05) is 6.92 Å². The van der Waals surface area contributed by atoms with Gasteiger partial charge in [0.25, 0.3) is 5.56 Å². The monoisotopic (exact) mass is 578 g/mol. The van der Waals surface area contributed by atoms with Crippen LogP contribution in [-0.4, -0.2) is 32.8 Å². The summed E-state index contributed by atoms with van der Waals surface area (Å²) in [6, 6.07) is 6.37. The Balaban J connectivity index is 1.77. The zero-order chi connectivity index (χ0) is 30.5. The molecule has 0 amide bonds. The summed E-state index contributed by atoms with van der Waals surface area (Å²) in [6.45, 7) is 11.2. The van der Waals surface area contributed by atoms with Crippen molar-refractivity contribution in [3.63, 3.8) is 0 Å². The second kappa shape index (κ2) is 10.9. The molecule has 0 radical (unpaired) electrons. The van der Waals surface area contributed by atoms with Crippen LogP contribution in [0.3, 0.4) is 0 Å². The van der Waals surface area contributed by atoms with Crippen LogP contribution in [0.5, 0.6) is 11.5 Å². The van der Waals surface area contributed by atoms with Crippen molar-refractivity contribution in [3.8, 4) is 22.6 Å². The Morgan fingerprint density at radius 2 is 1.93 bits per heavy atom. The fraction of sp³-hybridized carbons (Fsp3) is 0.406. The molecular weight excluding hydrogens is 543 g/mol.